The maximum atomic E-state index is 11.5. The van der Waals surface area contributed by atoms with E-state index in [9.17, 15) is 4.79 Å². The average Bonchev–Trinajstić information content (AvgIpc) is 2.35. The molecule has 2 aromatic rings. The van der Waals surface area contributed by atoms with E-state index in [1.807, 2.05) is 6.07 Å². The zero-order valence-electron chi connectivity index (χ0n) is 8.34. The van der Waals surface area contributed by atoms with Gasteiger partial charge in [-0.25, -0.2) is 4.98 Å². The summed E-state index contributed by atoms with van der Waals surface area (Å²) in [5.74, 6) is -0.354. The van der Waals surface area contributed by atoms with Crippen LogP contribution >= 0.6 is 0 Å². The van der Waals surface area contributed by atoms with Crippen LogP contribution < -0.4 is 5.32 Å². The number of pyridine rings is 2. The molecule has 0 spiro atoms. The Bertz CT molecular complexity index is 573. The molecule has 0 aliphatic carbocycles. The van der Waals surface area contributed by atoms with Crippen molar-refractivity contribution in [1.29, 1.82) is 5.26 Å². The smallest absolute Gasteiger partial charge is 0.270 e. The number of nitrogens with one attached hydrogen (secondary N) is 1. The molecule has 0 saturated carbocycles. The van der Waals surface area contributed by atoms with E-state index in [-0.39, 0.29) is 18.1 Å². The van der Waals surface area contributed by atoms with Crippen molar-refractivity contribution < 1.29 is 4.79 Å². The topological polar surface area (TPSA) is 78.7 Å². The second kappa shape index (κ2) is 4.36. The highest BCUT2D eigenvalue weighted by Crippen LogP contribution is 2.08. The summed E-state index contributed by atoms with van der Waals surface area (Å²) >= 11 is 0. The molecule has 0 saturated heterocycles. The fraction of sp³-hybridized carbons (Fsp3) is 0.0909. The number of carbonyl (C=O) groups is 1. The molecular weight excluding hydrogens is 204 g/mol. The van der Waals surface area contributed by atoms with Gasteiger partial charge in [0.2, 0.25) is 0 Å². The molecule has 0 bridgehead atoms. The molecule has 2 heterocycles. The lowest BCUT2D eigenvalue weighted by Gasteiger charge is -2.01. The summed E-state index contributed by atoms with van der Waals surface area (Å²) in [6, 6.07) is 8.68. The van der Waals surface area contributed by atoms with Gasteiger partial charge >= 0.3 is 0 Å². The van der Waals surface area contributed by atoms with Gasteiger partial charge in [-0.15, -0.1) is 0 Å². The Morgan fingerprint density at radius 3 is 3.06 bits per heavy atom. The van der Waals surface area contributed by atoms with Crippen LogP contribution in [0.15, 0.2) is 30.5 Å². The number of fused-ring (bicyclic) bond motifs is 1. The van der Waals surface area contributed by atoms with Crippen LogP contribution in [0.3, 0.4) is 0 Å². The first-order valence-electron chi connectivity index (χ1n) is 4.68. The molecule has 5 heteroatoms. The van der Waals surface area contributed by atoms with Gasteiger partial charge in [-0.05, 0) is 24.3 Å². The maximum Gasteiger partial charge on any atom is 0.270 e. The largest absolute Gasteiger partial charge is 0.338 e. The summed E-state index contributed by atoms with van der Waals surface area (Å²) in [5, 5.41) is 10.8. The zero-order valence-corrected chi connectivity index (χ0v) is 8.34. The lowest BCUT2D eigenvalue weighted by molar-refractivity contribution is 0.0954. The summed E-state index contributed by atoms with van der Waals surface area (Å²) in [7, 11) is 0. The van der Waals surface area contributed by atoms with E-state index >= 15 is 0 Å². The number of hydrogen-bond acceptors (Lipinski definition) is 4. The normalized spacial score (nSPS) is 9.69. The second-order valence-corrected chi connectivity index (χ2v) is 3.08. The van der Waals surface area contributed by atoms with E-state index in [0.29, 0.717) is 5.52 Å². The molecule has 1 amide bonds. The number of rotatable bonds is 2. The fourth-order valence-electron chi connectivity index (χ4n) is 1.29. The predicted octanol–water partition coefficient (Wildman–Crippen LogP) is 0.883. The monoisotopic (exact) mass is 212 g/mol. The number of amides is 1. The first kappa shape index (κ1) is 10.1. The minimum atomic E-state index is -0.354. The summed E-state index contributed by atoms with van der Waals surface area (Å²) in [6.07, 6.45) is 1.67. The Labute approximate surface area is 91.8 Å². The molecule has 5 nitrogen and oxygen atoms in total. The van der Waals surface area contributed by atoms with E-state index < -0.39 is 0 Å². The van der Waals surface area contributed by atoms with Crippen LogP contribution in [0.25, 0.3) is 11.0 Å². The minimum Gasteiger partial charge on any atom is -0.338 e. The zero-order chi connectivity index (χ0) is 11.4. The minimum absolute atomic E-state index is 0.0222. The second-order valence-electron chi connectivity index (χ2n) is 3.08. The summed E-state index contributed by atoms with van der Waals surface area (Å²) in [6.45, 7) is -0.0222. The number of hydrogen-bond donors (Lipinski definition) is 1. The van der Waals surface area contributed by atoms with Crippen molar-refractivity contribution in [2.24, 2.45) is 0 Å². The molecule has 1 N–H and O–H groups in total. The van der Waals surface area contributed by atoms with Crippen molar-refractivity contribution in [1.82, 2.24) is 15.3 Å². The Balaban J connectivity index is 2.33. The van der Waals surface area contributed by atoms with Crippen LogP contribution in [0.2, 0.25) is 0 Å². The Kier molecular flexibility index (Phi) is 2.74. The fourth-order valence-corrected chi connectivity index (χ4v) is 1.29. The van der Waals surface area contributed by atoms with Crippen LogP contribution in [0.4, 0.5) is 0 Å². The van der Waals surface area contributed by atoms with Crippen LogP contribution in [0, 0.1) is 11.3 Å². The molecule has 0 atom stereocenters. The molecule has 0 unspecified atom stereocenters. The van der Waals surface area contributed by atoms with Gasteiger partial charge in [0.1, 0.15) is 12.2 Å². The van der Waals surface area contributed by atoms with E-state index in [1.54, 1.807) is 30.5 Å². The van der Waals surface area contributed by atoms with Crippen LogP contribution in [0.1, 0.15) is 10.5 Å². The summed E-state index contributed by atoms with van der Waals surface area (Å²) in [5.41, 5.74) is 1.68. The molecule has 0 fully saturated rings. The number of aromatic nitrogens is 2. The molecule has 0 aliphatic rings. The van der Waals surface area contributed by atoms with E-state index in [4.69, 9.17) is 5.26 Å². The van der Waals surface area contributed by atoms with Crippen LogP contribution in [-0.2, 0) is 0 Å². The molecule has 2 rings (SSSR count). The average molecular weight is 212 g/mol. The first-order valence-corrected chi connectivity index (χ1v) is 4.68. The highest BCUT2D eigenvalue weighted by Gasteiger charge is 2.06. The molecule has 0 radical (unpaired) electrons. The Morgan fingerprint density at radius 2 is 2.25 bits per heavy atom. The molecule has 0 aliphatic heterocycles. The first-order chi connectivity index (χ1) is 7.81. The third-order valence-electron chi connectivity index (χ3n) is 2.02. The van der Waals surface area contributed by atoms with E-state index in [1.165, 1.54) is 0 Å². The molecular formula is C11H8N4O. The van der Waals surface area contributed by atoms with Gasteiger partial charge in [-0.1, -0.05) is 0 Å². The molecule has 16 heavy (non-hydrogen) atoms. The summed E-state index contributed by atoms with van der Waals surface area (Å²) in [4.78, 5) is 19.7. The molecule has 0 aromatic carbocycles. The van der Waals surface area contributed by atoms with Crippen molar-refractivity contribution >= 4 is 16.9 Å². The third-order valence-corrected chi connectivity index (χ3v) is 2.02. The highest BCUT2D eigenvalue weighted by atomic mass is 16.1. The van der Waals surface area contributed by atoms with Crippen LogP contribution in [-0.4, -0.2) is 22.4 Å². The van der Waals surface area contributed by atoms with Crippen molar-refractivity contribution in [2.75, 3.05) is 6.54 Å². The van der Waals surface area contributed by atoms with Crippen molar-refractivity contribution in [3.05, 3.63) is 36.2 Å². The quantitative estimate of drug-likeness (QED) is 0.749. The number of nitriles is 1. The molecule has 2 aromatic heterocycles. The van der Waals surface area contributed by atoms with Crippen LogP contribution in [0.5, 0.6) is 0 Å². The lowest BCUT2D eigenvalue weighted by atomic mass is 10.2. The van der Waals surface area contributed by atoms with Gasteiger partial charge in [0, 0.05) is 6.20 Å². The van der Waals surface area contributed by atoms with Gasteiger partial charge in [0.05, 0.1) is 17.1 Å². The van der Waals surface area contributed by atoms with Gasteiger partial charge < -0.3 is 5.32 Å². The van der Waals surface area contributed by atoms with Gasteiger partial charge in [-0.3, -0.25) is 9.78 Å². The van der Waals surface area contributed by atoms with Crippen molar-refractivity contribution in [3.8, 4) is 6.07 Å². The van der Waals surface area contributed by atoms with Gasteiger partial charge in [-0.2, -0.15) is 5.26 Å². The Morgan fingerprint density at radius 1 is 1.38 bits per heavy atom. The van der Waals surface area contributed by atoms with E-state index in [2.05, 4.69) is 15.3 Å². The van der Waals surface area contributed by atoms with Crippen molar-refractivity contribution in [3.63, 3.8) is 0 Å². The number of carbonyl (C=O) groups excluding carboxylic acids is 1. The molecule has 78 valence electrons. The maximum absolute atomic E-state index is 11.5. The predicted molar refractivity (Wildman–Crippen MR) is 57.5 cm³/mol. The van der Waals surface area contributed by atoms with E-state index in [0.717, 1.165) is 5.52 Å². The SMILES string of the molecule is N#CCNC(=O)c1ccc2ncccc2n1. The Hall–Kier alpha value is -2.48. The van der Waals surface area contributed by atoms with Gasteiger partial charge in [0.15, 0.2) is 0 Å². The van der Waals surface area contributed by atoms with Crippen molar-refractivity contribution in [2.45, 2.75) is 0 Å². The third kappa shape index (κ3) is 1.96. The highest BCUT2D eigenvalue weighted by molar-refractivity contribution is 5.94. The lowest BCUT2D eigenvalue weighted by Crippen LogP contribution is -2.24. The standard InChI is InChI=1S/C11H8N4O/c12-5-7-14-11(16)10-4-3-8-9(15-10)2-1-6-13-8/h1-4,6H,7H2,(H,14,16). The number of nitrogens with zero attached hydrogens (tertiary/aromatic N) is 3. The summed E-state index contributed by atoms with van der Waals surface area (Å²) < 4.78 is 0. The van der Waals surface area contributed by atoms with Gasteiger partial charge in [0.25, 0.3) is 5.91 Å².